The summed E-state index contributed by atoms with van der Waals surface area (Å²) in [5.74, 6) is 0. The molecule has 1 heterocycles. The maximum Gasteiger partial charge on any atom is 0.307 e. The smallest absolute Gasteiger partial charge is 0.302 e. The molecule has 0 saturated carbocycles. The van der Waals surface area contributed by atoms with Crippen LogP contribution in [0.25, 0.3) is 16.3 Å². The third-order valence-corrected chi connectivity index (χ3v) is 3.06. The second-order valence-electron chi connectivity index (χ2n) is 2.86. The summed E-state index contributed by atoms with van der Waals surface area (Å²) in [4.78, 5) is 11.4. The number of benzene rings is 1. The maximum atomic E-state index is 11.3. The Labute approximate surface area is 79.7 Å². The summed E-state index contributed by atoms with van der Waals surface area (Å²) in [6.07, 6.45) is 1.78. The summed E-state index contributed by atoms with van der Waals surface area (Å²) in [6, 6.07) is 5.89. The molecule has 0 unspecified atom stereocenters. The number of thiazole rings is 1. The van der Waals surface area contributed by atoms with Crippen LogP contribution >= 0.6 is 11.3 Å². The van der Waals surface area contributed by atoms with E-state index >= 15 is 0 Å². The van der Waals surface area contributed by atoms with Gasteiger partial charge in [-0.25, -0.2) is 0 Å². The van der Waals surface area contributed by atoms with Gasteiger partial charge in [0, 0.05) is 7.05 Å². The quantitative estimate of drug-likeness (QED) is 0.677. The van der Waals surface area contributed by atoms with Crippen molar-refractivity contribution in [1.29, 1.82) is 0 Å². The van der Waals surface area contributed by atoms with Crippen molar-refractivity contribution < 1.29 is 0 Å². The van der Waals surface area contributed by atoms with Crippen LogP contribution in [-0.4, -0.2) is 4.57 Å². The first-order chi connectivity index (χ1) is 6.22. The van der Waals surface area contributed by atoms with Gasteiger partial charge in [-0.3, -0.25) is 4.79 Å². The Morgan fingerprint density at radius 2 is 2.31 bits per heavy atom. The fraction of sp³-hybridized carbons (Fsp3) is 0.100. The summed E-state index contributed by atoms with van der Waals surface area (Å²) in [7, 11) is 1.79. The highest BCUT2D eigenvalue weighted by Gasteiger charge is 2.02. The number of hydrogen-bond acceptors (Lipinski definition) is 2. The molecule has 2 aromatic rings. The van der Waals surface area contributed by atoms with E-state index in [4.69, 9.17) is 0 Å². The fourth-order valence-electron chi connectivity index (χ4n) is 1.27. The average molecular weight is 191 g/mol. The predicted molar refractivity (Wildman–Crippen MR) is 57.2 cm³/mol. The largest absolute Gasteiger partial charge is 0.307 e. The van der Waals surface area contributed by atoms with Crippen LogP contribution in [-0.2, 0) is 7.05 Å². The maximum absolute atomic E-state index is 11.3. The summed E-state index contributed by atoms with van der Waals surface area (Å²) in [6.45, 7) is 3.69. The molecule has 0 amide bonds. The number of aromatic nitrogens is 1. The minimum atomic E-state index is 0.0798. The van der Waals surface area contributed by atoms with Crippen LogP contribution in [0, 0.1) is 0 Å². The first-order valence-corrected chi connectivity index (χ1v) is 4.76. The third kappa shape index (κ3) is 1.21. The lowest BCUT2D eigenvalue weighted by Crippen LogP contribution is -2.06. The Balaban J connectivity index is 2.89. The molecule has 0 aliphatic rings. The van der Waals surface area contributed by atoms with Crippen molar-refractivity contribution in [3.8, 4) is 0 Å². The summed E-state index contributed by atoms with van der Waals surface area (Å²) in [5.41, 5.74) is 2.02. The highest BCUT2D eigenvalue weighted by atomic mass is 32.1. The highest BCUT2D eigenvalue weighted by molar-refractivity contribution is 7.16. The molecule has 2 nitrogen and oxygen atoms in total. The monoisotopic (exact) mass is 191 g/mol. The van der Waals surface area contributed by atoms with E-state index in [0.29, 0.717) is 0 Å². The van der Waals surface area contributed by atoms with Gasteiger partial charge in [-0.1, -0.05) is 30.1 Å². The summed E-state index contributed by atoms with van der Waals surface area (Å²) < 4.78 is 2.69. The standard InChI is InChI=1S/C10H9NOS/c1-3-7-4-5-9-8(6-7)11(2)10(12)13-9/h3-6H,1H2,2H3. The third-order valence-electron chi connectivity index (χ3n) is 2.05. The Morgan fingerprint density at radius 1 is 1.54 bits per heavy atom. The van der Waals surface area contributed by atoms with E-state index in [1.54, 1.807) is 17.7 Å². The van der Waals surface area contributed by atoms with Crippen LogP contribution in [0.4, 0.5) is 0 Å². The molecular formula is C10H9NOS. The average Bonchev–Trinajstić information content (AvgIpc) is 2.43. The van der Waals surface area contributed by atoms with E-state index in [2.05, 4.69) is 6.58 Å². The van der Waals surface area contributed by atoms with Crippen LogP contribution in [0.15, 0.2) is 29.6 Å². The fourth-order valence-corrected chi connectivity index (χ4v) is 2.13. The molecule has 0 saturated heterocycles. The molecule has 13 heavy (non-hydrogen) atoms. The molecule has 66 valence electrons. The number of fused-ring (bicyclic) bond motifs is 1. The van der Waals surface area contributed by atoms with Crippen molar-refractivity contribution in [2.24, 2.45) is 7.05 Å². The van der Waals surface area contributed by atoms with Gasteiger partial charge in [-0.15, -0.1) is 0 Å². The predicted octanol–water partition coefficient (Wildman–Crippen LogP) is 2.24. The van der Waals surface area contributed by atoms with Gasteiger partial charge in [0.15, 0.2) is 0 Å². The second kappa shape index (κ2) is 2.85. The minimum absolute atomic E-state index is 0.0798. The Kier molecular flexibility index (Phi) is 1.81. The molecule has 2 rings (SSSR count). The lowest BCUT2D eigenvalue weighted by molar-refractivity contribution is 0.938. The van der Waals surface area contributed by atoms with E-state index in [0.717, 1.165) is 15.8 Å². The number of nitrogens with zero attached hydrogens (tertiary/aromatic N) is 1. The molecule has 1 aromatic carbocycles. The normalized spacial score (nSPS) is 10.5. The molecule has 1 aromatic heterocycles. The van der Waals surface area contributed by atoms with Gasteiger partial charge in [-0.05, 0) is 17.7 Å². The zero-order chi connectivity index (χ0) is 9.42. The van der Waals surface area contributed by atoms with Gasteiger partial charge >= 0.3 is 4.87 Å². The lowest BCUT2D eigenvalue weighted by atomic mass is 10.2. The van der Waals surface area contributed by atoms with Crippen molar-refractivity contribution in [1.82, 2.24) is 4.57 Å². The van der Waals surface area contributed by atoms with Crippen molar-refractivity contribution in [2.75, 3.05) is 0 Å². The molecule has 0 N–H and O–H groups in total. The Hall–Kier alpha value is -1.35. The molecule has 0 atom stereocenters. The van der Waals surface area contributed by atoms with Crippen molar-refractivity contribution >= 4 is 27.6 Å². The SMILES string of the molecule is C=Cc1ccc2sc(=O)n(C)c2c1. The molecule has 3 heteroatoms. The van der Waals surface area contributed by atoms with E-state index in [-0.39, 0.29) is 4.87 Å². The highest BCUT2D eigenvalue weighted by Crippen LogP contribution is 2.18. The van der Waals surface area contributed by atoms with Gasteiger partial charge < -0.3 is 4.57 Å². The van der Waals surface area contributed by atoms with Gasteiger partial charge in [0.1, 0.15) is 0 Å². The van der Waals surface area contributed by atoms with Crippen molar-refractivity contribution in [2.45, 2.75) is 0 Å². The van der Waals surface area contributed by atoms with Crippen molar-refractivity contribution in [3.05, 3.63) is 40.0 Å². The molecule has 0 aliphatic carbocycles. The Morgan fingerprint density at radius 3 is 3.00 bits per heavy atom. The molecule has 0 spiro atoms. The number of hydrogen-bond donors (Lipinski definition) is 0. The van der Waals surface area contributed by atoms with E-state index in [9.17, 15) is 4.79 Å². The minimum Gasteiger partial charge on any atom is -0.302 e. The first-order valence-electron chi connectivity index (χ1n) is 3.94. The van der Waals surface area contributed by atoms with Crippen LogP contribution < -0.4 is 4.87 Å². The first kappa shape index (κ1) is 8.26. The number of aryl methyl sites for hydroxylation is 1. The van der Waals surface area contributed by atoms with E-state index in [1.165, 1.54) is 11.3 Å². The van der Waals surface area contributed by atoms with Crippen LogP contribution in [0.5, 0.6) is 0 Å². The van der Waals surface area contributed by atoms with Gasteiger partial charge in [0.25, 0.3) is 0 Å². The Bertz CT molecular complexity index is 521. The second-order valence-corrected chi connectivity index (χ2v) is 3.85. The van der Waals surface area contributed by atoms with Gasteiger partial charge in [-0.2, -0.15) is 0 Å². The van der Waals surface area contributed by atoms with Crippen LogP contribution in [0.1, 0.15) is 5.56 Å². The molecule has 0 radical (unpaired) electrons. The van der Waals surface area contributed by atoms with E-state index < -0.39 is 0 Å². The summed E-state index contributed by atoms with van der Waals surface area (Å²) >= 11 is 1.27. The zero-order valence-electron chi connectivity index (χ0n) is 7.28. The number of rotatable bonds is 1. The zero-order valence-corrected chi connectivity index (χ0v) is 8.10. The molecule has 0 aliphatic heterocycles. The molecule has 0 bridgehead atoms. The van der Waals surface area contributed by atoms with Gasteiger partial charge in [0.2, 0.25) is 0 Å². The lowest BCUT2D eigenvalue weighted by Gasteiger charge is -1.95. The summed E-state index contributed by atoms with van der Waals surface area (Å²) in [5, 5.41) is 0. The molecular weight excluding hydrogens is 182 g/mol. The molecule has 0 fully saturated rings. The van der Waals surface area contributed by atoms with Crippen molar-refractivity contribution in [3.63, 3.8) is 0 Å². The van der Waals surface area contributed by atoms with Gasteiger partial charge in [0.05, 0.1) is 10.2 Å². The topological polar surface area (TPSA) is 22.0 Å². The van der Waals surface area contributed by atoms with Crippen LogP contribution in [0.2, 0.25) is 0 Å². The van der Waals surface area contributed by atoms with E-state index in [1.807, 2.05) is 18.2 Å². The van der Waals surface area contributed by atoms with Crippen LogP contribution in [0.3, 0.4) is 0 Å².